The Kier molecular flexibility index (Phi) is 3.72. The molecule has 1 aromatic heterocycles. The summed E-state index contributed by atoms with van der Waals surface area (Å²) in [6.45, 7) is 7.43. The second-order valence-corrected chi connectivity index (χ2v) is 4.75. The Bertz CT molecular complexity index is 335. The molecule has 0 bridgehead atoms. The van der Waals surface area contributed by atoms with E-state index in [-0.39, 0.29) is 0 Å². The van der Waals surface area contributed by atoms with E-state index >= 15 is 0 Å². The molecule has 0 atom stereocenters. The first-order valence-electron chi connectivity index (χ1n) is 5.31. The van der Waals surface area contributed by atoms with Gasteiger partial charge in [-0.3, -0.25) is 9.88 Å². The first-order chi connectivity index (χ1) is 7.25. The molecule has 15 heavy (non-hydrogen) atoms. The second-order valence-electron chi connectivity index (χ2n) is 3.90. The summed E-state index contributed by atoms with van der Waals surface area (Å²) in [7, 11) is 0. The molecule has 0 spiro atoms. The van der Waals surface area contributed by atoms with Gasteiger partial charge in [-0.25, -0.2) is 0 Å². The lowest BCUT2D eigenvalue weighted by atomic mass is 10.2. The van der Waals surface area contributed by atoms with E-state index in [1.807, 2.05) is 6.92 Å². The molecule has 82 valence electrons. The molecule has 1 aliphatic heterocycles. The van der Waals surface area contributed by atoms with Gasteiger partial charge in [-0.1, -0.05) is 0 Å². The van der Waals surface area contributed by atoms with Crippen LogP contribution in [0, 0.1) is 6.92 Å². The summed E-state index contributed by atoms with van der Waals surface area (Å²) in [6.07, 6.45) is 0. The molecular weight excluding hydrogens is 254 g/mol. The first kappa shape index (κ1) is 11.0. The summed E-state index contributed by atoms with van der Waals surface area (Å²) >= 11 is 3.47. The molecule has 1 aromatic rings. The van der Waals surface area contributed by atoms with Gasteiger partial charge in [-0.05, 0) is 35.0 Å². The average Bonchev–Trinajstić information content (AvgIpc) is 2.25. The highest BCUT2D eigenvalue weighted by Crippen LogP contribution is 2.14. The number of piperazine rings is 1. The van der Waals surface area contributed by atoms with E-state index in [1.54, 1.807) is 0 Å². The van der Waals surface area contributed by atoms with Crippen molar-refractivity contribution >= 4 is 15.9 Å². The Morgan fingerprint density at radius 1 is 1.40 bits per heavy atom. The first-order valence-corrected chi connectivity index (χ1v) is 6.10. The van der Waals surface area contributed by atoms with E-state index in [9.17, 15) is 0 Å². The van der Waals surface area contributed by atoms with E-state index < -0.39 is 0 Å². The van der Waals surface area contributed by atoms with Crippen molar-refractivity contribution in [2.24, 2.45) is 0 Å². The highest BCUT2D eigenvalue weighted by atomic mass is 79.9. The third kappa shape index (κ3) is 3.00. The van der Waals surface area contributed by atoms with Gasteiger partial charge in [-0.2, -0.15) is 0 Å². The SMILES string of the molecule is Cc1nc(CN2CCNCC2)ccc1Br. The van der Waals surface area contributed by atoms with Crippen LogP contribution < -0.4 is 5.32 Å². The Balaban J connectivity index is 2.00. The number of pyridine rings is 1. The quantitative estimate of drug-likeness (QED) is 0.884. The van der Waals surface area contributed by atoms with Crippen LogP contribution in [0.15, 0.2) is 16.6 Å². The standard InChI is InChI=1S/C11H16BrN3/c1-9-11(12)3-2-10(14-9)8-15-6-4-13-5-7-15/h2-3,13H,4-8H2,1H3. The zero-order valence-electron chi connectivity index (χ0n) is 8.96. The smallest absolute Gasteiger partial charge is 0.0548 e. The number of aryl methyl sites for hydroxylation is 1. The number of nitrogens with zero attached hydrogens (tertiary/aromatic N) is 2. The molecule has 0 aliphatic carbocycles. The predicted molar refractivity (Wildman–Crippen MR) is 64.8 cm³/mol. The van der Waals surface area contributed by atoms with Crippen LogP contribution in [0.4, 0.5) is 0 Å². The lowest BCUT2D eigenvalue weighted by molar-refractivity contribution is 0.230. The van der Waals surface area contributed by atoms with Crippen LogP contribution in [0.1, 0.15) is 11.4 Å². The maximum Gasteiger partial charge on any atom is 0.0548 e. The van der Waals surface area contributed by atoms with Crippen LogP contribution in [-0.4, -0.2) is 36.1 Å². The van der Waals surface area contributed by atoms with Gasteiger partial charge in [0, 0.05) is 37.2 Å². The van der Waals surface area contributed by atoms with E-state index in [2.05, 4.69) is 43.3 Å². The monoisotopic (exact) mass is 269 g/mol. The third-order valence-electron chi connectivity index (χ3n) is 2.67. The fourth-order valence-corrected chi connectivity index (χ4v) is 2.00. The van der Waals surface area contributed by atoms with Gasteiger partial charge in [0.25, 0.3) is 0 Å². The molecule has 2 heterocycles. The largest absolute Gasteiger partial charge is 0.314 e. The van der Waals surface area contributed by atoms with Crippen LogP contribution in [0.2, 0.25) is 0 Å². The fraction of sp³-hybridized carbons (Fsp3) is 0.545. The molecule has 2 rings (SSSR count). The van der Waals surface area contributed by atoms with E-state index in [1.165, 1.54) is 0 Å². The van der Waals surface area contributed by atoms with Gasteiger partial charge in [0.1, 0.15) is 0 Å². The summed E-state index contributed by atoms with van der Waals surface area (Å²) in [5, 5.41) is 3.35. The molecule has 0 aromatic carbocycles. The van der Waals surface area contributed by atoms with Crippen molar-refractivity contribution in [1.82, 2.24) is 15.2 Å². The minimum absolute atomic E-state index is 0.968. The Hall–Kier alpha value is -0.450. The highest BCUT2D eigenvalue weighted by Gasteiger charge is 2.10. The summed E-state index contributed by atoms with van der Waals surface area (Å²) < 4.78 is 1.09. The van der Waals surface area contributed by atoms with E-state index in [4.69, 9.17) is 0 Å². The lowest BCUT2D eigenvalue weighted by Crippen LogP contribution is -2.43. The van der Waals surface area contributed by atoms with Crippen molar-refractivity contribution in [1.29, 1.82) is 0 Å². The summed E-state index contributed by atoms with van der Waals surface area (Å²) in [6, 6.07) is 4.18. The zero-order chi connectivity index (χ0) is 10.7. The summed E-state index contributed by atoms with van der Waals surface area (Å²) in [5.41, 5.74) is 2.24. The maximum absolute atomic E-state index is 4.56. The Morgan fingerprint density at radius 2 is 2.13 bits per heavy atom. The molecule has 0 amide bonds. The summed E-state index contributed by atoms with van der Waals surface area (Å²) in [4.78, 5) is 6.99. The van der Waals surface area contributed by atoms with Gasteiger partial charge in [0.05, 0.1) is 11.4 Å². The molecule has 4 heteroatoms. The number of rotatable bonds is 2. The molecule has 3 nitrogen and oxygen atoms in total. The van der Waals surface area contributed by atoms with Gasteiger partial charge >= 0.3 is 0 Å². The predicted octanol–water partition coefficient (Wildman–Crippen LogP) is 1.56. The number of hydrogen-bond acceptors (Lipinski definition) is 3. The van der Waals surface area contributed by atoms with Gasteiger partial charge in [0.15, 0.2) is 0 Å². The topological polar surface area (TPSA) is 28.2 Å². The molecule has 0 radical (unpaired) electrons. The van der Waals surface area contributed by atoms with Crippen LogP contribution in [0.25, 0.3) is 0 Å². The zero-order valence-corrected chi connectivity index (χ0v) is 10.5. The average molecular weight is 270 g/mol. The van der Waals surface area contributed by atoms with Crippen molar-refractivity contribution in [2.45, 2.75) is 13.5 Å². The number of hydrogen-bond donors (Lipinski definition) is 1. The minimum Gasteiger partial charge on any atom is -0.314 e. The molecule has 0 unspecified atom stereocenters. The van der Waals surface area contributed by atoms with E-state index in [0.29, 0.717) is 0 Å². The van der Waals surface area contributed by atoms with Gasteiger partial charge < -0.3 is 5.32 Å². The molecular formula is C11H16BrN3. The van der Waals surface area contributed by atoms with Crippen molar-refractivity contribution in [3.8, 4) is 0 Å². The highest BCUT2D eigenvalue weighted by molar-refractivity contribution is 9.10. The molecule has 0 saturated carbocycles. The van der Waals surface area contributed by atoms with E-state index in [0.717, 1.165) is 48.6 Å². The van der Waals surface area contributed by atoms with Crippen LogP contribution in [-0.2, 0) is 6.54 Å². The third-order valence-corrected chi connectivity index (χ3v) is 3.51. The number of halogens is 1. The molecule has 1 fully saturated rings. The van der Waals surface area contributed by atoms with Gasteiger partial charge in [0.2, 0.25) is 0 Å². The molecule has 1 saturated heterocycles. The second kappa shape index (κ2) is 5.05. The van der Waals surface area contributed by atoms with Gasteiger partial charge in [-0.15, -0.1) is 0 Å². The fourth-order valence-electron chi connectivity index (χ4n) is 1.78. The molecule has 1 aliphatic rings. The van der Waals surface area contributed by atoms with Crippen LogP contribution >= 0.6 is 15.9 Å². The normalized spacial score (nSPS) is 18.0. The Labute approximate surface area is 99.0 Å². The van der Waals surface area contributed by atoms with Crippen LogP contribution in [0.3, 0.4) is 0 Å². The Morgan fingerprint density at radius 3 is 2.80 bits per heavy atom. The lowest BCUT2D eigenvalue weighted by Gasteiger charge is -2.26. The number of aromatic nitrogens is 1. The van der Waals surface area contributed by atoms with Crippen molar-refractivity contribution in [3.63, 3.8) is 0 Å². The minimum atomic E-state index is 0.968. The van der Waals surface area contributed by atoms with Crippen molar-refractivity contribution in [3.05, 3.63) is 28.0 Å². The van der Waals surface area contributed by atoms with Crippen molar-refractivity contribution in [2.75, 3.05) is 26.2 Å². The van der Waals surface area contributed by atoms with Crippen molar-refractivity contribution < 1.29 is 0 Å². The maximum atomic E-state index is 4.56. The number of nitrogens with one attached hydrogen (secondary N) is 1. The molecule has 1 N–H and O–H groups in total. The van der Waals surface area contributed by atoms with Crippen LogP contribution in [0.5, 0.6) is 0 Å². The summed E-state index contributed by atoms with van der Waals surface area (Å²) in [5.74, 6) is 0.